The van der Waals surface area contributed by atoms with Crippen LogP contribution in [0, 0.1) is 6.92 Å². The van der Waals surface area contributed by atoms with Crippen molar-refractivity contribution in [2.75, 3.05) is 0 Å². The third-order valence-corrected chi connectivity index (χ3v) is 2.67. The second kappa shape index (κ2) is 4.50. The average molecular weight is 225 g/mol. The Balaban J connectivity index is 2.50. The van der Waals surface area contributed by atoms with E-state index in [0.717, 1.165) is 22.0 Å². The predicted octanol–water partition coefficient (Wildman–Crippen LogP) is 3.69. The number of aromatic nitrogens is 1. The molecule has 0 spiro atoms. The van der Waals surface area contributed by atoms with Gasteiger partial charge in [-0.2, -0.15) is 0 Å². The van der Waals surface area contributed by atoms with E-state index in [2.05, 4.69) is 11.6 Å². The second-order valence-electron chi connectivity index (χ2n) is 4.40. The van der Waals surface area contributed by atoms with Crippen LogP contribution >= 0.6 is 0 Å². The molecule has 17 heavy (non-hydrogen) atoms. The summed E-state index contributed by atoms with van der Waals surface area (Å²) in [6.07, 6.45) is 0.366. The van der Waals surface area contributed by atoms with Crippen molar-refractivity contribution < 1.29 is 4.79 Å². The number of fused-ring (bicyclic) bond motifs is 1. The maximum Gasteiger partial charge on any atom is 0.185 e. The first kappa shape index (κ1) is 11.5. The van der Waals surface area contributed by atoms with Crippen LogP contribution in [0.25, 0.3) is 10.9 Å². The molecule has 1 aromatic heterocycles. The molecule has 2 aromatic rings. The van der Waals surface area contributed by atoms with Gasteiger partial charge in [0, 0.05) is 11.8 Å². The fraction of sp³-hybridized carbons (Fsp3) is 0.200. The molecule has 2 heteroatoms. The van der Waals surface area contributed by atoms with Gasteiger partial charge in [0.05, 0.1) is 5.52 Å². The molecule has 0 atom stereocenters. The fourth-order valence-corrected chi connectivity index (χ4v) is 1.86. The Morgan fingerprint density at radius 2 is 2.06 bits per heavy atom. The van der Waals surface area contributed by atoms with Crippen LogP contribution in [0.2, 0.25) is 0 Å². The van der Waals surface area contributed by atoms with Gasteiger partial charge in [0.2, 0.25) is 0 Å². The number of carbonyl (C=O) groups is 1. The summed E-state index contributed by atoms with van der Waals surface area (Å²) in [4.78, 5) is 16.3. The summed E-state index contributed by atoms with van der Waals surface area (Å²) in [5.74, 6) is 0.0337. The van der Waals surface area contributed by atoms with Gasteiger partial charge in [0.15, 0.2) is 5.78 Å². The molecule has 0 aliphatic rings. The number of aryl methyl sites for hydroxylation is 1. The molecule has 0 aliphatic heterocycles. The van der Waals surface area contributed by atoms with E-state index in [0.29, 0.717) is 12.1 Å². The molecule has 86 valence electrons. The summed E-state index contributed by atoms with van der Waals surface area (Å²) in [5, 5.41) is 1.10. The molecule has 0 radical (unpaired) electrons. The summed E-state index contributed by atoms with van der Waals surface area (Å²) in [7, 11) is 0. The first-order valence-corrected chi connectivity index (χ1v) is 5.62. The third kappa shape index (κ3) is 2.41. The number of benzene rings is 1. The molecule has 1 heterocycles. The third-order valence-electron chi connectivity index (χ3n) is 2.67. The van der Waals surface area contributed by atoms with Gasteiger partial charge in [0.25, 0.3) is 0 Å². The average Bonchev–Trinajstić information content (AvgIpc) is 2.28. The van der Waals surface area contributed by atoms with Crippen molar-refractivity contribution in [2.45, 2.75) is 20.3 Å². The molecule has 0 unspecified atom stereocenters. The van der Waals surface area contributed by atoms with Crippen LogP contribution < -0.4 is 0 Å². The molecule has 0 amide bonds. The minimum atomic E-state index is 0.0337. The molecule has 2 rings (SSSR count). The number of hydrogen-bond donors (Lipinski definition) is 0. The SMILES string of the molecule is C=C(C)CC(=O)c1cc(C)c2ccccc2n1. The number of carbonyl (C=O) groups excluding carboxylic acids is 1. The maximum absolute atomic E-state index is 11.9. The Morgan fingerprint density at radius 3 is 2.76 bits per heavy atom. The zero-order valence-corrected chi connectivity index (χ0v) is 10.2. The van der Waals surface area contributed by atoms with Crippen molar-refractivity contribution >= 4 is 16.7 Å². The van der Waals surface area contributed by atoms with E-state index in [9.17, 15) is 4.79 Å². The predicted molar refractivity (Wildman–Crippen MR) is 70.2 cm³/mol. The van der Waals surface area contributed by atoms with Gasteiger partial charge in [-0.25, -0.2) is 4.98 Å². The summed E-state index contributed by atoms with van der Waals surface area (Å²) in [5.41, 5.74) is 3.35. The highest BCUT2D eigenvalue weighted by Gasteiger charge is 2.10. The Morgan fingerprint density at radius 1 is 1.35 bits per heavy atom. The van der Waals surface area contributed by atoms with Crippen molar-refractivity contribution in [1.82, 2.24) is 4.98 Å². The molecule has 2 nitrogen and oxygen atoms in total. The Bertz CT molecular complexity index is 599. The van der Waals surface area contributed by atoms with Crippen LogP contribution in [-0.4, -0.2) is 10.8 Å². The molecular formula is C15H15NO. The molecule has 1 aromatic carbocycles. The zero-order chi connectivity index (χ0) is 12.4. The lowest BCUT2D eigenvalue weighted by atomic mass is 10.0. The van der Waals surface area contributed by atoms with Gasteiger partial charge in [-0.15, -0.1) is 0 Å². The number of ketones is 1. The Kier molecular flexibility index (Phi) is 3.05. The largest absolute Gasteiger partial charge is 0.292 e. The van der Waals surface area contributed by atoms with Crippen LogP contribution in [0.1, 0.15) is 29.4 Å². The maximum atomic E-state index is 11.9. The smallest absolute Gasteiger partial charge is 0.185 e. The quantitative estimate of drug-likeness (QED) is 0.589. The van der Waals surface area contributed by atoms with E-state index in [1.165, 1.54) is 0 Å². The number of pyridine rings is 1. The van der Waals surface area contributed by atoms with E-state index in [-0.39, 0.29) is 5.78 Å². The summed E-state index contributed by atoms with van der Waals surface area (Å²) in [6, 6.07) is 9.71. The van der Waals surface area contributed by atoms with E-state index in [1.807, 2.05) is 44.2 Å². The van der Waals surface area contributed by atoms with Crippen molar-refractivity contribution in [1.29, 1.82) is 0 Å². The molecule has 0 saturated carbocycles. The fourth-order valence-electron chi connectivity index (χ4n) is 1.86. The Labute approximate surface area is 101 Å². The number of nitrogens with zero attached hydrogens (tertiary/aromatic N) is 1. The summed E-state index contributed by atoms with van der Waals surface area (Å²) < 4.78 is 0. The number of Topliss-reactive ketones (excluding diaryl/α,β-unsaturated/α-hetero) is 1. The number of hydrogen-bond acceptors (Lipinski definition) is 2. The summed E-state index contributed by atoms with van der Waals surface area (Å²) >= 11 is 0. The molecule has 0 aliphatic carbocycles. The van der Waals surface area contributed by atoms with E-state index in [1.54, 1.807) is 0 Å². The van der Waals surface area contributed by atoms with Crippen LogP contribution in [0.5, 0.6) is 0 Å². The monoisotopic (exact) mass is 225 g/mol. The minimum Gasteiger partial charge on any atom is -0.292 e. The number of rotatable bonds is 3. The van der Waals surface area contributed by atoms with E-state index < -0.39 is 0 Å². The minimum absolute atomic E-state index is 0.0337. The number of allylic oxidation sites excluding steroid dienone is 1. The highest BCUT2D eigenvalue weighted by atomic mass is 16.1. The van der Waals surface area contributed by atoms with E-state index >= 15 is 0 Å². The van der Waals surface area contributed by atoms with Gasteiger partial charge in [-0.1, -0.05) is 30.4 Å². The topological polar surface area (TPSA) is 30.0 Å². The van der Waals surface area contributed by atoms with Gasteiger partial charge in [0.1, 0.15) is 5.69 Å². The molecule has 0 fully saturated rings. The normalized spacial score (nSPS) is 10.5. The zero-order valence-electron chi connectivity index (χ0n) is 10.2. The number of para-hydroxylation sites is 1. The molecule has 0 bridgehead atoms. The first-order valence-electron chi connectivity index (χ1n) is 5.62. The highest BCUT2D eigenvalue weighted by Crippen LogP contribution is 2.18. The van der Waals surface area contributed by atoms with Gasteiger partial charge in [-0.05, 0) is 31.5 Å². The standard InChI is InChI=1S/C15H15NO/c1-10(2)8-15(17)14-9-11(3)12-6-4-5-7-13(12)16-14/h4-7,9H,1,8H2,2-3H3. The lowest BCUT2D eigenvalue weighted by Crippen LogP contribution is -2.03. The molecule has 0 N–H and O–H groups in total. The highest BCUT2D eigenvalue weighted by molar-refractivity contribution is 5.98. The van der Waals surface area contributed by atoms with Crippen molar-refractivity contribution in [3.63, 3.8) is 0 Å². The second-order valence-corrected chi connectivity index (χ2v) is 4.40. The lowest BCUT2D eigenvalue weighted by molar-refractivity contribution is 0.0988. The Hall–Kier alpha value is -1.96. The van der Waals surface area contributed by atoms with Gasteiger partial charge >= 0.3 is 0 Å². The van der Waals surface area contributed by atoms with Crippen molar-refractivity contribution in [2.24, 2.45) is 0 Å². The first-order chi connectivity index (χ1) is 8.08. The van der Waals surface area contributed by atoms with Gasteiger partial charge in [-0.3, -0.25) is 4.79 Å². The van der Waals surface area contributed by atoms with Crippen LogP contribution in [0.3, 0.4) is 0 Å². The molecule has 0 saturated heterocycles. The summed E-state index contributed by atoms with van der Waals surface area (Å²) in [6.45, 7) is 7.61. The molecular weight excluding hydrogens is 210 g/mol. The lowest BCUT2D eigenvalue weighted by Gasteiger charge is -2.05. The van der Waals surface area contributed by atoms with E-state index in [4.69, 9.17) is 0 Å². The van der Waals surface area contributed by atoms with Crippen LogP contribution in [0.4, 0.5) is 0 Å². The van der Waals surface area contributed by atoms with Crippen molar-refractivity contribution in [3.05, 3.63) is 53.7 Å². The van der Waals surface area contributed by atoms with Crippen molar-refractivity contribution in [3.8, 4) is 0 Å². The van der Waals surface area contributed by atoms with Gasteiger partial charge < -0.3 is 0 Å². The van der Waals surface area contributed by atoms with Crippen LogP contribution in [-0.2, 0) is 0 Å². The van der Waals surface area contributed by atoms with Crippen LogP contribution in [0.15, 0.2) is 42.5 Å².